The summed E-state index contributed by atoms with van der Waals surface area (Å²) in [5, 5.41) is 11.2. The minimum Gasteiger partial charge on any atom is -0.469 e. The molecule has 0 fully saturated rings. The molecule has 0 radical (unpaired) electrons. The van der Waals surface area contributed by atoms with Gasteiger partial charge in [0.25, 0.3) is 5.91 Å². The standard InChI is InChI=1S/C10H12N2O2/c1-7(5-11)6-12-10(13)9-3-4-14-8(9)2/h3-4,7H,6H2,1-2H3,(H,12,13). The number of furan rings is 1. The van der Waals surface area contributed by atoms with Crippen LogP contribution in [0.2, 0.25) is 0 Å². The molecule has 1 unspecified atom stereocenters. The zero-order valence-corrected chi connectivity index (χ0v) is 8.20. The summed E-state index contributed by atoms with van der Waals surface area (Å²) in [6, 6.07) is 3.65. The van der Waals surface area contributed by atoms with Gasteiger partial charge in [0.05, 0.1) is 23.8 Å². The van der Waals surface area contributed by atoms with E-state index in [9.17, 15) is 4.79 Å². The quantitative estimate of drug-likeness (QED) is 0.788. The van der Waals surface area contributed by atoms with Crippen molar-refractivity contribution in [3.05, 3.63) is 23.7 Å². The summed E-state index contributed by atoms with van der Waals surface area (Å²) in [7, 11) is 0. The first-order valence-electron chi connectivity index (χ1n) is 4.37. The van der Waals surface area contributed by atoms with Gasteiger partial charge in [-0.2, -0.15) is 5.26 Å². The number of rotatable bonds is 3. The number of amides is 1. The molecule has 1 aromatic heterocycles. The molecule has 1 N–H and O–H groups in total. The van der Waals surface area contributed by atoms with E-state index in [-0.39, 0.29) is 11.8 Å². The van der Waals surface area contributed by atoms with Gasteiger partial charge in [0.2, 0.25) is 0 Å². The highest BCUT2D eigenvalue weighted by molar-refractivity contribution is 5.95. The van der Waals surface area contributed by atoms with Gasteiger partial charge in [-0.1, -0.05) is 0 Å². The Morgan fingerprint density at radius 2 is 2.50 bits per heavy atom. The molecule has 0 aliphatic rings. The fourth-order valence-corrected chi connectivity index (χ4v) is 1.01. The van der Waals surface area contributed by atoms with Crippen molar-refractivity contribution in [1.82, 2.24) is 5.32 Å². The molecule has 1 atom stereocenters. The van der Waals surface area contributed by atoms with Gasteiger partial charge in [0, 0.05) is 6.54 Å². The van der Waals surface area contributed by atoms with E-state index < -0.39 is 0 Å². The minimum absolute atomic E-state index is 0.175. The van der Waals surface area contributed by atoms with E-state index in [2.05, 4.69) is 5.32 Å². The number of hydrogen-bond donors (Lipinski definition) is 1. The first-order valence-corrected chi connectivity index (χ1v) is 4.37. The van der Waals surface area contributed by atoms with Crippen LogP contribution in [-0.2, 0) is 0 Å². The second-order valence-corrected chi connectivity index (χ2v) is 3.13. The summed E-state index contributed by atoms with van der Waals surface area (Å²) in [6.07, 6.45) is 1.47. The van der Waals surface area contributed by atoms with Crippen molar-refractivity contribution >= 4 is 5.91 Å². The maximum absolute atomic E-state index is 11.5. The Balaban J connectivity index is 2.53. The second kappa shape index (κ2) is 4.47. The third kappa shape index (κ3) is 2.36. The first-order chi connectivity index (χ1) is 6.65. The molecule has 0 aliphatic heterocycles. The lowest BCUT2D eigenvalue weighted by atomic mass is 10.2. The van der Waals surface area contributed by atoms with Gasteiger partial charge in [-0.3, -0.25) is 4.79 Å². The zero-order valence-electron chi connectivity index (χ0n) is 8.20. The number of hydrogen-bond acceptors (Lipinski definition) is 3. The number of carbonyl (C=O) groups is 1. The maximum atomic E-state index is 11.5. The van der Waals surface area contributed by atoms with E-state index in [1.165, 1.54) is 6.26 Å². The summed E-state index contributed by atoms with van der Waals surface area (Å²) in [5.74, 6) is 0.219. The molecule has 1 aromatic rings. The van der Waals surface area contributed by atoms with Crippen LogP contribution in [0.5, 0.6) is 0 Å². The van der Waals surface area contributed by atoms with Crippen LogP contribution >= 0.6 is 0 Å². The molecule has 14 heavy (non-hydrogen) atoms. The van der Waals surface area contributed by atoms with Crippen LogP contribution in [0.25, 0.3) is 0 Å². The molecular formula is C10H12N2O2. The van der Waals surface area contributed by atoms with Crippen LogP contribution in [0.15, 0.2) is 16.7 Å². The molecule has 1 heterocycles. The topological polar surface area (TPSA) is 66.0 Å². The molecule has 74 valence electrons. The number of nitrogens with zero attached hydrogens (tertiary/aromatic N) is 1. The Hall–Kier alpha value is -1.76. The van der Waals surface area contributed by atoms with Crippen LogP contribution < -0.4 is 5.32 Å². The second-order valence-electron chi connectivity index (χ2n) is 3.13. The molecule has 0 saturated carbocycles. The van der Waals surface area contributed by atoms with Gasteiger partial charge in [-0.05, 0) is 19.9 Å². The van der Waals surface area contributed by atoms with Gasteiger partial charge in [0.1, 0.15) is 5.76 Å². The summed E-state index contributed by atoms with van der Waals surface area (Å²) in [6.45, 7) is 3.84. The van der Waals surface area contributed by atoms with Crippen LogP contribution in [0.3, 0.4) is 0 Å². The normalized spacial score (nSPS) is 11.8. The van der Waals surface area contributed by atoms with Crippen molar-refractivity contribution in [3.8, 4) is 6.07 Å². The van der Waals surface area contributed by atoms with Crippen LogP contribution in [0.1, 0.15) is 23.0 Å². The number of nitriles is 1. The molecule has 0 bridgehead atoms. The maximum Gasteiger partial charge on any atom is 0.254 e. The van der Waals surface area contributed by atoms with E-state index in [1.807, 2.05) is 6.07 Å². The minimum atomic E-state index is -0.196. The lowest BCUT2D eigenvalue weighted by molar-refractivity contribution is 0.0949. The SMILES string of the molecule is Cc1occc1C(=O)NCC(C)C#N. The van der Waals surface area contributed by atoms with Gasteiger partial charge in [0.15, 0.2) is 0 Å². The lowest BCUT2D eigenvalue weighted by Gasteiger charge is -2.04. The van der Waals surface area contributed by atoms with Crippen molar-refractivity contribution in [2.45, 2.75) is 13.8 Å². The summed E-state index contributed by atoms with van der Waals surface area (Å²) in [4.78, 5) is 11.5. The number of nitrogens with one attached hydrogen (secondary N) is 1. The molecule has 1 amide bonds. The average molecular weight is 192 g/mol. The van der Waals surface area contributed by atoms with E-state index in [1.54, 1.807) is 19.9 Å². The monoisotopic (exact) mass is 192 g/mol. The zero-order chi connectivity index (χ0) is 10.6. The smallest absolute Gasteiger partial charge is 0.254 e. The molecule has 0 aromatic carbocycles. The molecule has 4 nitrogen and oxygen atoms in total. The molecule has 4 heteroatoms. The number of aryl methyl sites for hydroxylation is 1. The van der Waals surface area contributed by atoms with Crippen LogP contribution in [0, 0.1) is 24.2 Å². The third-order valence-corrected chi connectivity index (χ3v) is 1.89. The number of carbonyl (C=O) groups excluding carboxylic acids is 1. The Bertz CT molecular complexity index is 362. The van der Waals surface area contributed by atoms with Gasteiger partial charge in [-0.15, -0.1) is 0 Å². The van der Waals surface area contributed by atoms with Gasteiger partial charge >= 0.3 is 0 Å². The molecule has 1 rings (SSSR count). The lowest BCUT2D eigenvalue weighted by Crippen LogP contribution is -2.27. The fraction of sp³-hybridized carbons (Fsp3) is 0.400. The van der Waals surface area contributed by atoms with Gasteiger partial charge in [-0.25, -0.2) is 0 Å². The predicted molar refractivity (Wildman–Crippen MR) is 50.6 cm³/mol. The van der Waals surface area contributed by atoms with E-state index in [0.29, 0.717) is 17.9 Å². The van der Waals surface area contributed by atoms with Crippen molar-refractivity contribution in [2.75, 3.05) is 6.54 Å². The Morgan fingerprint density at radius 1 is 1.79 bits per heavy atom. The van der Waals surface area contributed by atoms with Crippen molar-refractivity contribution in [1.29, 1.82) is 5.26 Å². The summed E-state index contributed by atoms with van der Waals surface area (Å²) in [5.41, 5.74) is 0.523. The predicted octanol–water partition coefficient (Wildman–Crippen LogP) is 1.48. The van der Waals surface area contributed by atoms with Gasteiger partial charge < -0.3 is 9.73 Å². The van der Waals surface area contributed by atoms with E-state index >= 15 is 0 Å². The van der Waals surface area contributed by atoms with Crippen LogP contribution in [-0.4, -0.2) is 12.5 Å². The Morgan fingerprint density at radius 3 is 3.00 bits per heavy atom. The first kappa shape index (κ1) is 10.3. The molecule has 0 spiro atoms. The highest BCUT2D eigenvalue weighted by Gasteiger charge is 2.11. The fourth-order valence-electron chi connectivity index (χ4n) is 1.01. The van der Waals surface area contributed by atoms with E-state index in [4.69, 9.17) is 9.68 Å². The van der Waals surface area contributed by atoms with E-state index in [0.717, 1.165) is 0 Å². The van der Waals surface area contributed by atoms with Crippen molar-refractivity contribution in [3.63, 3.8) is 0 Å². The van der Waals surface area contributed by atoms with Crippen molar-refractivity contribution in [2.24, 2.45) is 5.92 Å². The highest BCUT2D eigenvalue weighted by Crippen LogP contribution is 2.08. The molecular weight excluding hydrogens is 180 g/mol. The summed E-state index contributed by atoms with van der Waals surface area (Å²) >= 11 is 0. The molecule has 0 aliphatic carbocycles. The molecule has 0 saturated heterocycles. The summed E-state index contributed by atoms with van der Waals surface area (Å²) < 4.78 is 4.99. The third-order valence-electron chi connectivity index (χ3n) is 1.89. The van der Waals surface area contributed by atoms with Crippen LogP contribution in [0.4, 0.5) is 0 Å². The highest BCUT2D eigenvalue weighted by atomic mass is 16.3. The largest absolute Gasteiger partial charge is 0.469 e. The average Bonchev–Trinajstić information content (AvgIpc) is 2.60. The van der Waals surface area contributed by atoms with Crippen molar-refractivity contribution < 1.29 is 9.21 Å². The Kier molecular flexibility index (Phi) is 3.29. The Labute approximate surface area is 82.5 Å².